The molecule has 1 atom stereocenters. The zero-order valence-corrected chi connectivity index (χ0v) is 9.68. The Morgan fingerprint density at radius 2 is 2.47 bits per heavy atom. The standard InChI is InChI=1S/C11H16N4O2/c1-7-4-9(12)10(13-5-7)14-8-2-3-15(6-8)11(16)17/h4-5,8H,2-3,6,12H2,1H3,(H,13,14)(H,16,17). The molecule has 1 aliphatic rings. The number of hydrogen-bond acceptors (Lipinski definition) is 4. The highest BCUT2D eigenvalue weighted by molar-refractivity contribution is 5.66. The summed E-state index contributed by atoms with van der Waals surface area (Å²) in [6, 6.07) is 1.93. The van der Waals surface area contributed by atoms with Gasteiger partial charge in [0.2, 0.25) is 0 Å². The molecule has 0 spiro atoms. The predicted molar refractivity (Wildman–Crippen MR) is 65.0 cm³/mol. The Bertz CT molecular complexity index is 435. The summed E-state index contributed by atoms with van der Waals surface area (Å²) in [6.45, 7) is 2.96. The lowest BCUT2D eigenvalue weighted by Gasteiger charge is -2.15. The van der Waals surface area contributed by atoms with Crippen molar-refractivity contribution in [3.63, 3.8) is 0 Å². The molecule has 2 heterocycles. The van der Waals surface area contributed by atoms with Gasteiger partial charge in [-0.25, -0.2) is 9.78 Å². The zero-order chi connectivity index (χ0) is 12.4. The van der Waals surface area contributed by atoms with Crippen LogP contribution in [0, 0.1) is 6.92 Å². The number of carboxylic acid groups (broad SMARTS) is 1. The molecule has 0 radical (unpaired) electrons. The number of pyridine rings is 1. The van der Waals surface area contributed by atoms with Gasteiger partial charge < -0.3 is 21.1 Å². The number of aryl methyl sites for hydroxylation is 1. The van der Waals surface area contributed by atoms with Gasteiger partial charge in [-0.15, -0.1) is 0 Å². The van der Waals surface area contributed by atoms with Gasteiger partial charge >= 0.3 is 6.09 Å². The first-order valence-electron chi connectivity index (χ1n) is 5.53. The van der Waals surface area contributed by atoms with E-state index in [1.54, 1.807) is 6.20 Å². The first-order chi connectivity index (χ1) is 8.06. The molecular weight excluding hydrogens is 220 g/mol. The third-order valence-electron chi connectivity index (χ3n) is 2.85. The van der Waals surface area contributed by atoms with Gasteiger partial charge in [-0.1, -0.05) is 0 Å². The van der Waals surface area contributed by atoms with Gasteiger partial charge in [-0.2, -0.15) is 0 Å². The summed E-state index contributed by atoms with van der Waals surface area (Å²) < 4.78 is 0. The molecule has 1 amide bonds. The Labute approximate surface area is 99.4 Å². The van der Waals surface area contributed by atoms with E-state index in [-0.39, 0.29) is 6.04 Å². The van der Waals surface area contributed by atoms with E-state index in [1.807, 2.05) is 13.0 Å². The quantitative estimate of drug-likeness (QED) is 0.716. The predicted octanol–water partition coefficient (Wildman–Crippen LogP) is 1.14. The zero-order valence-electron chi connectivity index (χ0n) is 9.68. The number of carbonyl (C=O) groups is 1. The maximum Gasteiger partial charge on any atom is 0.407 e. The number of hydrogen-bond donors (Lipinski definition) is 3. The van der Waals surface area contributed by atoms with E-state index in [2.05, 4.69) is 10.3 Å². The van der Waals surface area contributed by atoms with Crippen molar-refractivity contribution >= 4 is 17.6 Å². The SMILES string of the molecule is Cc1cnc(NC2CCN(C(=O)O)C2)c(N)c1. The lowest BCUT2D eigenvalue weighted by Crippen LogP contribution is -2.30. The molecule has 1 aromatic rings. The van der Waals surface area contributed by atoms with Crippen LogP contribution in [-0.4, -0.2) is 40.2 Å². The van der Waals surface area contributed by atoms with Gasteiger partial charge in [0.05, 0.1) is 5.69 Å². The van der Waals surface area contributed by atoms with Crippen molar-refractivity contribution in [1.82, 2.24) is 9.88 Å². The van der Waals surface area contributed by atoms with Crippen LogP contribution in [-0.2, 0) is 0 Å². The van der Waals surface area contributed by atoms with Crippen molar-refractivity contribution in [1.29, 1.82) is 0 Å². The molecule has 0 aromatic carbocycles. The summed E-state index contributed by atoms with van der Waals surface area (Å²) in [5.74, 6) is 0.632. The molecule has 1 aliphatic heterocycles. The van der Waals surface area contributed by atoms with E-state index in [4.69, 9.17) is 10.8 Å². The van der Waals surface area contributed by atoms with Crippen LogP contribution in [0.5, 0.6) is 0 Å². The fourth-order valence-electron chi connectivity index (χ4n) is 1.96. The number of rotatable bonds is 2. The van der Waals surface area contributed by atoms with E-state index in [9.17, 15) is 4.79 Å². The summed E-state index contributed by atoms with van der Waals surface area (Å²) >= 11 is 0. The number of aromatic nitrogens is 1. The monoisotopic (exact) mass is 236 g/mol. The Hall–Kier alpha value is -1.98. The minimum atomic E-state index is -0.876. The molecule has 1 fully saturated rings. The summed E-state index contributed by atoms with van der Waals surface area (Å²) in [5.41, 5.74) is 7.44. The van der Waals surface area contributed by atoms with Crippen molar-refractivity contribution in [2.24, 2.45) is 0 Å². The van der Waals surface area contributed by atoms with Crippen molar-refractivity contribution in [3.05, 3.63) is 17.8 Å². The van der Waals surface area contributed by atoms with E-state index in [1.165, 1.54) is 4.90 Å². The lowest BCUT2D eigenvalue weighted by molar-refractivity contribution is 0.155. The molecular formula is C11H16N4O2. The average Bonchev–Trinajstić information content (AvgIpc) is 2.71. The Morgan fingerprint density at radius 3 is 3.06 bits per heavy atom. The summed E-state index contributed by atoms with van der Waals surface area (Å²) in [5, 5.41) is 12.0. The molecule has 1 saturated heterocycles. The van der Waals surface area contributed by atoms with Crippen LogP contribution in [0.2, 0.25) is 0 Å². The maximum absolute atomic E-state index is 10.8. The number of likely N-dealkylation sites (tertiary alicyclic amines) is 1. The number of anilines is 2. The molecule has 6 nitrogen and oxygen atoms in total. The van der Waals surface area contributed by atoms with Crippen LogP contribution in [0.15, 0.2) is 12.3 Å². The number of nitrogens with one attached hydrogen (secondary N) is 1. The highest BCUT2D eigenvalue weighted by atomic mass is 16.4. The average molecular weight is 236 g/mol. The van der Waals surface area contributed by atoms with Gasteiger partial charge in [-0.3, -0.25) is 0 Å². The summed E-state index contributed by atoms with van der Waals surface area (Å²) in [4.78, 5) is 16.4. The Balaban J connectivity index is 2.00. The van der Waals surface area contributed by atoms with Crippen molar-refractivity contribution in [2.75, 3.05) is 24.1 Å². The molecule has 2 rings (SSSR count). The largest absolute Gasteiger partial charge is 0.465 e. The number of amides is 1. The number of nitrogen functional groups attached to an aromatic ring is 1. The minimum absolute atomic E-state index is 0.0867. The van der Waals surface area contributed by atoms with Crippen LogP contribution < -0.4 is 11.1 Å². The van der Waals surface area contributed by atoms with Gasteiger partial charge in [0.15, 0.2) is 0 Å². The van der Waals surface area contributed by atoms with Crippen molar-refractivity contribution in [2.45, 2.75) is 19.4 Å². The van der Waals surface area contributed by atoms with E-state index in [0.29, 0.717) is 24.6 Å². The molecule has 0 aliphatic carbocycles. The lowest BCUT2D eigenvalue weighted by atomic mass is 10.2. The van der Waals surface area contributed by atoms with Crippen LogP contribution in [0.1, 0.15) is 12.0 Å². The molecule has 4 N–H and O–H groups in total. The first-order valence-corrected chi connectivity index (χ1v) is 5.53. The van der Waals surface area contributed by atoms with Gasteiger partial charge in [-0.05, 0) is 25.0 Å². The molecule has 6 heteroatoms. The molecule has 17 heavy (non-hydrogen) atoms. The normalized spacial score (nSPS) is 19.4. The fourth-order valence-corrected chi connectivity index (χ4v) is 1.96. The van der Waals surface area contributed by atoms with Gasteiger partial charge in [0.25, 0.3) is 0 Å². The van der Waals surface area contributed by atoms with Gasteiger partial charge in [0, 0.05) is 25.3 Å². The molecule has 0 bridgehead atoms. The highest BCUT2D eigenvalue weighted by Crippen LogP contribution is 2.20. The minimum Gasteiger partial charge on any atom is -0.465 e. The molecule has 0 saturated carbocycles. The molecule has 1 aromatic heterocycles. The van der Waals surface area contributed by atoms with Crippen molar-refractivity contribution < 1.29 is 9.90 Å². The first kappa shape index (κ1) is 11.5. The molecule has 1 unspecified atom stereocenters. The smallest absolute Gasteiger partial charge is 0.407 e. The number of nitrogens with two attached hydrogens (primary N) is 1. The Morgan fingerprint density at radius 1 is 1.71 bits per heavy atom. The topological polar surface area (TPSA) is 91.5 Å². The van der Waals surface area contributed by atoms with Crippen LogP contribution >= 0.6 is 0 Å². The van der Waals surface area contributed by atoms with Crippen LogP contribution in [0.4, 0.5) is 16.3 Å². The van der Waals surface area contributed by atoms with E-state index in [0.717, 1.165) is 12.0 Å². The van der Waals surface area contributed by atoms with Gasteiger partial charge in [0.1, 0.15) is 5.82 Å². The second kappa shape index (κ2) is 4.48. The van der Waals surface area contributed by atoms with Crippen LogP contribution in [0.25, 0.3) is 0 Å². The highest BCUT2D eigenvalue weighted by Gasteiger charge is 2.26. The third-order valence-corrected chi connectivity index (χ3v) is 2.85. The second-order valence-electron chi connectivity index (χ2n) is 4.31. The third kappa shape index (κ3) is 2.58. The molecule has 92 valence electrons. The summed E-state index contributed by atoms with van der Waals surface area (Å²) in [6.07, 6.45) is 1.64. The second-order valence-corrected chi connectivity index (χ2v) is 4.31. The number of nitrogens with zero attached hydrogens (tertiary/aromatic N) is 2. The maximum atomic E-state index is 10.8. The van der Waals surface area contributed by atoms with Crippen molar-refractivity contribution in [3.8, 4) is 0 Å². The van der Waals surface area contributed by atoms with Crippen LogP contribution in [0.3, 0.4) is 0 Å². The van der Waals surface area contributed by atoms with E-state index >= 15 is 0 Å². The summed E-state index contributed by atoms with van der Waals surface area (Å²) in [7, 11) is 0. The fraction of sp³-hybridized carbons (Fsp3) is 0.455. The Kier molecular flexibility index (Phi) is 3.03. The van der Waals surface area contributed by atoms with E-state index < -0.39 is 6.09 Å².